The van der Waals surface area contributed by atoms with Crippen molar-refractivity contribution in [3.05, 3.63) is 69.1 Å². The fourth-order valence-corrected chi connectivity index (χ4v) is 7.78. The van der Waals surface area contributed by atoms with Gasteiger partial charge >= 0.3 is 0 Å². The van der Waals surface area contributed by atoms with Crippen molar-refractivity contribution in [1.82, 2.24) is 4.98 Å². The summed E-state index contributed by atoms with van der Waals surface area (Å²) in [5.74, 6) is 0.861. The molecule has 0 saturated carbocycles. The second kappa shape index (κ2) is 9.94. The van der Waals surface area contributed by atoms with Gasteiger partial charge in [0.05, 0.1) is 22.4 Å². The van der Waals surface area contributed by atoms with E-state index in [1.54, 1.807) is 34.4 Å². The number of nitriles is 1. The largest absolute Gasteiger partial charge is 0.494 e. The SMILES string of the molecule is CCOc1ccc2nc(S[C@@H](Nc3sc4c(c3C#N)CCCC4)c3ccc(Cl)cc3)sc2c1. The predicted molar refractivity (Wildman–Crippen MR) is 140 cm³/mol. The second-order valence-electron chi connectivity index (χ2n) is 7.76. The summed E-state index contributed by atoms with van der Waals surface area (Å²) in [6.45, 7) is 2.62. The number of aryl methyl sites for hydroxylation is 1. The van der Waals surface area contributed by atoms with Gasteiger partial charge in [0.1, 0.15) is 22.2 Å². The van der Waals surface area contributed by atoms with Crippen LogP contribution in [0.25, 0.3) is 10.2 Å². The van der Waals surface area contributed by atoms with Crippen LogP contribution >= 0.6 is 46.0 Å². The lowest BCUT2D eigenvalue weighted by atomic mass is 9.96. The normalized spacial score (nSPS) is 14.0. The molecular formula is C25H22ClN3OS3. The number of nitrogens with zero attached hydrogens (tertiary/aromatic N) is 2. The lowest BCUT2D eigenvalue weighted by molar-refractivity contribution is 0.341. The maximum atomic E-state index is 9.91. The number of halogens is 1. The number of ether oxygens (including phenoxy) is 1. The third kappa shape index (κ3) is 4.85. The van der Waals surface area contributed by atoms with Crippen molar-refractivity contribution in [2.45, 2.75) is 42.3 Å². The molecule has 2 heterocycles. The Bertz CT molecular complexity index is 1320. The van der Waals surface area contributed by atoms with Gasteiger partial charge in [0.2, 0.25) is 0 Å². The maximum absolute atomic E-state index is 9.91. The van der Waals surface area contributed by atoms with Crippen LogP contribution in [0.2, 0.25) is 5.02 Å². The number of thioether (sulfide) groups is 1. The highest BCUT2D eigenvalue weighted by molar-refractivity contribution is 8.01. The molecule has 1 atom stereocenters. The van der Waals surface area contributed by atoms with Gasteiger partial charge in [-0.2, -0.15) is 5.26 Å². The third-order valence-corrected chi connectivity index (χ3v) is 9.33. The summed E-state index contributed by atoms with van der Waals surface area (Å²) in [6, 6.07) is 16.4. The molecule has 8 heteroatoms. The predicted octanol–water partition coefficient (Wildman–Crippen LogP) is 8.06. The molecule has 4 nitrogen and oxygen atoms in total. The van der Waals surface area contributed by atoms with E-state index in [0.29, 0.717) is 11.6 Å². The van der Waals surface area contributed by atoms with Crippen LogP contribution in [0.5, 0.6) is 5.75 Å². The topological polar surface area (TPSA) is 57.9 Å². The number of thiophene rings is 1. The van der Waals surface area contributed by atoms with Gasteiger partial charge in [0.15, 0.2) is 4.34 Å². The van der Waals surface area contributed by atoms with E-state index >= 15 is 0 Å². The molecule has 0 radical (unpaired) electrons. The van der Waals surface area contributed by atoms with E-state index in [0.717, 1.165) is 55.7 Å². The van der Waals surface area contributed by atoms with Crippen LogP contribution in [0.1, 0.15) is 46.7 Å². The Balaban J connectivity index is 1.48. The van der Waals surface area contributed by atoms with E-state index in [2.05, 4.69) is 11.4 Å². The zero-order chi connectivity index (χ0) is 22.8. The Hall–Kier alpha value is -2.24. The molecule has 1 aliphatic carbocycles. The number of nitrogens with one attached hydrogen (secondary N) is 1. The number of aromatic nitrogens is 1. The van der Waals surface area contributed by atoms with Crippen molar-refractivity contribution >= 4 is 61.3 Å². The molecule has 2 aromatic heterocycles. The van der Waals surface area contributed by atoms with Gasteiger partial charge in [-0.3, -0.25) is 0 Å². The van der Waals surface area contributed by atoms with E-state index in [9.17, 15) is 5.26 Å². The Morgan fingerprint density at radius 2 is 2.00 bits per heavy atom. The summed E-state index contributed by atoms with van der Waals surface area (Å²) in [4.78, 5) is 6.19. The van der Waals surface area contributed by atoms with Gasteiger partial charge in [0, 0.05) is 9.90 Å². The van der Waals surface area contributed by atoms with Gasteiger partial charge < -0.3 is 10.1 Å². The number of fused-ring (bicyclic) bond motifs is 2. The van der Waals surface area contributed by atoms with Crippen LogP contribution in [0.15, 0.2) is 46.8 Å². The summed E-state index contributed by atoms with van der Waals surface area (Å²) >= 11 is 11.2. The highest BCUT2D eigenvalue weighted by Gasteiger charge is 2.24. The average molecular weight is 512 g/mol. The number of anilines is 1. The number of benzene rings is 2. The summed E-state index contributed by atoms with van der Waals surface area (Å²) in [7, 11) is 0. The number of thiazole rings is 1. The van der Waals surface area contributed by atoms with Crippen LogP contribution in [-0.2, 0) is 12.8 Å². The zero-order valence-corrected chi connectivity index (χ0v) is 21.3. The Morgan fingerprint density at radius 1 is 1.18 bits per heavy atom. The highest BCUT2D eigenvalue weighted by Crippen LogP contribution is 2.44. The maximum Gasteiger partial charge on any atom is 0.153 e. The molecular weight excluding hydrogens is 490 g/mol. The summed E-state index contributed by atoms with van der Waals surface area (Å²) in [5.41, 5.74) is 4.10. The van der Waals surface area contributed by atoms with Gasteiger partial charge in [-0.1, -0.05) is 35.5 Å². The molecule has 0 fully saturated rings. The fourth-order valence-electron chi connectivity index (χ4n) is 4.01. The average Bonchev–Trinajstić information content (AvgIpc) is 3.39. The number of rotatable bonds is 7. The van der Waals surface area contributed by atoms with Crippen LogP contribution in [0.3, 0.4) is 0 Å². The van der Waals surface area contributed by atoms with Crippen molar-refractivity contribution in [2.24, 2.45) is 0 Å². The number of hydrogen-bond acceptors (Lipinski definition) is 7. The lowest BCUT2D eigenvalue weighted by Crippen LogP contribution is -2.07. The Morgan fingerprint density at radius 3 is 2.79 bits per heavy atom. The van der Waals surface area contributed by atoms with Gasteiger partial charge in [-0.25, -0.2) is 4.98 Å². The molecule has 4 aromatic rings. The van der Waals surface area contributed by atoms with Crippen molar-refractivity contribution in [2.75, 3.05) is 11.9 Å². The Labute approximate surface area is 210 Å². The molecule has 0 saturated heterocycles. The fraction of sp³-hybridized carbons (Fsp3) is 0.280. The van der Waals surface area contributed by atoms with E-state index in [-0.39, 0.29) is 5.37 Å². The van der Waals surface area contributed by atoms with Crippen molar-refractivity contribution in [1.29, 1.82) is 5.26 Å². The first-order valence-electron chi connectivity index (χ1n) is 10.9. The zero-order valence-electron chi connectivity index (χ0n) is 18.1. The molecule has 2 aromatic carbocycles. The standard InChI is InChI=1S/C25H22ClN3OS3/c1-2-30-17-11-12-20-22(13-17)32-25(28-20)33-23(15-7-9-16(26)10-8-15)29-24-19(14-27)18-5-3-4-6-21(18)31-24/h7-13,23,29H,2-6H2,1H3/t23-/m1/s1. The summed E-state index contributed by atoms with van der Waals surface area (Å²) in [6.07, 6.45) is 4.41. The monoisotopic (exact) mass is 511 g/mol. The molecule has 168 valence electrons. The van der Waals surface area contributed by atoms with Gasteiger partial charge in [-0.05, 0) is 74.1 Å². The summed E-state index contributed by atoms with van der Waals surface area (Å²) < 4.78 is 7.71. The van der Waals surface area contributed by atoms with Gasteiger partial charge in [-0.15, -0.1) is 22.7 Å². The van der Waals surface area contributed by atoms with E-state index in [1.165, 1.54) is 16.9 Å². The van der Waals surface area contributed by atoms with E-state index < -0.39 is 0 Å². The second-order valence-corrected chi connectivity index (χ2v) is 11.7. The third-order valence-electron chi connectivity index (χ3n) is 5.59. The van der Waals surface area contributed by atoms with Crippen LogP contribution in [0, 0.1) is 11.3 Å². The van der Waals surface area contributed by atoms with Crippen molar-refractivity contribution in [3.8, 4) is 11.8 Å². The molecule has 5 rings (SSSR count). The first-order chi connectivity index (χ1) is 16.1. The molecule has 0 bridgehead atoms. The van der Waals surface area contributed by atoms with E-state index in [1.807, 2.05) is 49.4 Å². The molecule has 1 N–H and O–H groups in total. The quantitative estimate of drug-likeness (QED) is 0.201. The van der Waals surface area contributed by atoms with Crippen LogP contribution in [-0.4, -0.2) is 11.6 Å². The first kappa shape index (κ1) is 22.5. The van der Waals surface area contributed by atoms with Crippen molar-refractivity contribution < 1.29 is 4.74 Å². The molecule has 1 aliphatic rings. The molecule has 33 heavy (non-hydrogen) atoms. The van der Waals surface area contributed by atoms with E-state index in [4.69, 9.17) is 21.3 Å². The molecule has 0 amide bonds. The minimum Gasteiger partial charge on any atom is -0.494 e. The van der Waals surface area contributed by atoms with Crippen LogP contribution in [0.4, 0.5) is 5.00 Å². The molecule has 0 unspecified atom stereocenters. The minimum atomic E-state index is -0.0959. The van der Waals surface area contributed by atoms with Crippen molar-refractivity contribution in [3.63, 3.8) is 0 Å². The van der Waals surface area contributed by atoms with Crippen LogP contribution < -0.4 is 10.1 Å². The number of hydrogen-bond donors (Lipinski definition) is 1. The molecule has 0 aliphatic heterocycles. The smallest absolute Gasteiger partial charge is 0.153 e. The summed E-state index contributed by atoms with van der Waals surface area (Å²) in [5, 5.41) is 15.1. The van der Waals surface area contributed by atoms with Gasteiger partial charge in [0.25, 0.3) is 0 Å². The minimum absolute atomic E-state index is 0.0959. The Kier molecular flexibility index (Phi) is 6.79. The first-order valence-corrected chi connectivity index (χ1v) is 13.8. The lowest BCUT2D eigenvalue weighted by Gasteiger charge is -2.18. The highest BCUT2D eigenvalue weighted by atomic mass is 35.5. The molecule has 0 spiro atoms.